The van der Waals surface area contributed by atoms with Crippen molar-refractivity contribution in [2.24, 2.45) is 0 Å². The first kappa shape index (κ1) is 29.6. The van der Waals surface area contributed by atoms with Crippen molar-refractivity contribution in [2.75, 3.05) is 37.9 Å². The highest BCUT2D eigenvalue weighted by atomic mass is 31.2. The second-order valence-corrected chi connectivity index (χ2v) is 11.6. The van der Waals surface area contributed by atoms with Crippen molar-refractivity contribution in [1.29, 1.82) is 0 Å². The number of para-hydroxylation sites is 1. The predicted octanol–water partition coefficient (Wildman–Crippen LogP) is 2.21. The summed E-state index contributed by atoms with van der Waals surface area (Å²) in [4.78, 5) is 26.4. The lowest BCUT2D eigenvalue weighted by atomic mass is 9.99. The molecule has 1 aromatic carbocycles. The molecule has 3 aromatic rings. The van der Waals surface area contributed by atoms with E-state index in [1.54, 1.807) is 63.2 Å². The SMILES string of the molecule is CC(C)OC(=O)CNP(=O)(OC[C@@]1(C)O[C@@H](n2cnc3c(N(C)C)nc(N)nc32)[C@@H](F)[C@@H]1O)Oc1ccccc1. The molecule has 1 aliphatic rings. The van der Waals surface area contributed by atoms with Gasteiger partial charge in [-0.25, -0.2) is 19.0 Å². The lowest BCUT2D eigenvalue weighted by molar-refractivity contribution is -0.146. The number of ether oxygens (including phenoxy) is 2. The van der Waals surface area contributed by atoms with Gasteiger partial charge >= 0.3 is 13.7 Å². The molecule has 40 heavy (non-hydrogen) atoms. The third kappa shape index (κ3) is 6.34. The number of nitrogens with zero attached hydrogens (tertiary/aromatic N) is 5. The highest BCUT2D eigenvalue weighted by molar-refractivity contribution is 7.52. The predicted molar refractivity (Wildman–Crippen MR) is 143 cm³/mol. The van der Waals surface area contributed by atoms with Crippen LogP contribution in [0.2, 0.25) is 0 Å². The Bertz CT molecular complexity index is 1390. The van der Waals surface area contributed by atoms with Crippen LogP contribution in [0.3, 0.4) is 0 Å². The van der Waals surface area contributed by atoms with Gasteiger partial charge in [0.05, 0.1) is 19.0 Å². The first-order valence-corrected chi connectivity index (χ1v) is 14.0. The number of alkyl halides is 1. The van der Waals surface area contributed by atoms with Crippen LogP contribution < -0.4 is 20.2 Å². The van der Waals surface area contributed by atoms with E-state index < -0.39 is 57.1 Å². The first-order chi connectivity index (χ1) is 18.8. The number of rotatable bonds is 11. The van der Waals surface area contributed by atoms with E-state index >= 15 is 4.39 Å². The van der Waals surface area contributed by atoms with Gasteiger partial charge < -0.3 is 29.7 Å². The third-order valence-corrected chi connectivity index (χ3v) is 7.45. The van der Waals surface area contributed by atoms with Gasteiger partial charge in [0.25, 0.3) is 0 Å². The molecule has 1 aliphatic heterocycles. The Balaban J connectivity index is 1.56. The van der Waals surface area contributed by atoms with Crippen LogP contribution in [-0.4, -0.2) is 81.8 Å². The third-order valence-electron chi connectivity index (χ3n) is 5.98. The molecule has 0 amide bonds. The fourth-order valence-electron chi connectivity index (χ4n) is 4.05. The minimum atomic E-state index is -4.25. The minimum absolute atomic E-state index is 0.0564. The highest BCUT2D eigenvalue weighted by Gasteiger charge is 2.54. The van der Waals surface area contributed by atoms with Crippen molar-refractivity contribution in [3.05, 3.63) is 36.7 Å². The van der Waals surface area contributed by atoms with Crippen LogP contribution in [0.4, 0.5) is 16.2 Å². The largest absolute Gasteiger partial charge is 0.462 e. The first-order valence-electron chi connectivity index (χ1n) is 12.4. The standard InChI is InChI=1S/C24H33FN7O7P/c1-14(2)37-16(33)11-28-40(35,39-15-9-7-6-8-10-15)36-12-24(3)19(34)17(25)22(38-24)32-13-27-18-20(31(4)5)29-23(26)30-21(18)32/h6-10,13-14,17,19,22,34H,11-12H2,1-5H3,(H,28,35)(H2,26,29,30)/t17-,19-,22+,24+,40?/m0/s1. The Hall–Kier alpha value is -3.36. The van der Waals surface area contributed by atoms with Crippen LogP contribution in [0.15, 0.2) is 36.7 Å². The summed E-state index contributed by atoms with van der Waals surface area (Å²) in [5.41, 5.74) is 4.72. The maximum Gasteiger partial charge on any atom is 0.459 e. The molecular weight excluding hydrogens is 548 g/mol. The van der Waals surface area contributed by atoms with E-state index in [4.69, 9.17) is 24.3 Å². The quantitative estimate of drug-likeness (QED) is 0.222. The van der Waals surface area contributed by atoms with Gasteiger partial charge in [0.2, 0.25) is 5.95 Å². The summed E-state index contributed by atoms with van der Waals surface area (Å²) in [6.45, 7) is 3.67. The van der Waals surface area contributed by atoms with Crippen molar-refractivity contribution >= 4 is 36.6 Å². The van der Waals surface area contributed by atoms with Crippen molar-refractivity contribution in [2.45, 2.75) is 51.0 Å². The lowest BCUT2D eigenvalue weighted by Crippen LogP contribution is -2.43. The molecule has 1 saturated heterocycles. The van der Waals surface area contributed by atoms with Crippen LogP contribution in [0.25, 0.3) is 11.2 Å². The number of nitrogens with two attached hydrogens (primary N) is 1. The Kier molecular flexibility index (Phi) is 8.61. The second-order valence-electron chi connectivity index (χ2n) is 9.88. The Morgan fingerprint density at radius 3 is 2.67 bits per heavy atom. The molecule has 3 heterocycles. The number of carbonyl (C=O) groups excluding carboxylic acids is 1. The molecule has 2 aromatic heterocycles. The lowest BCUT2D eigenvalue weighted by Gasteiger charge is -2.29. The smallest absolute Gasteiger partial charge is 0.459 e. The van der Waals surface area contributed by atoms with Crippen LogP contribution in [0, 0.1) is 0 Å². The molecule has 16 heteroatoms. The number of carbonyl (C=O) groups is 1. The summed E-state index contributed by atoms with van der Waals surface area (Å²) >= 11 is 0. The summed E-state index contributed by atoms with van der Waals surface area (Å²) in [5.74, 6) is -0.136. The normalized spacial score (nSPS) is 24.2. The number of nitrogens with one attached hydrogen (secondary N) is 1. The van der Waals surface area contributed by atoms with Gasteiger partial charge in [0, 0.05) is 14.1 Å². The van der Waals surface area contributed by atoms with Crippen LogP contribution in [-0.2, 0) is 23.4 Å². The van der Waals surface area contributed by atoms with Gasteiger partial charge in [-0.15, -0.1) is 0 Å². The minimum Gasteiger partial charge on any atom is -0.462 e. The number of fused-ring (bicyclic) bond motifs is 1. The number of benzene rings is 1. The van der Waals surface area contributed by atoms with Crippen molar-refractivity contribution in [3.8, 4) is 5.75 Å². The Morgan fingerprint density at radius 1 is 1.32 bits per heavy atom. The van der Waals surface area contributed by atoms with Gasteiger partial charge in [-0.1, -0.05) is 18.2 Å². The number of aliphatic hydroxyl groups is 1. The van der Waals surface area contributed by atoms with E-state index in [0.717, 1.165) is 0 Å². The molecule has 5 atom stereocenters. The van der Waals surface area contributed by atoms with Crippen LogP contribution in [0.1, 0.15) is 27.0 Å². The number of imidazole rings is 1. The number of nitrogen functional groups attached to an aromatic ring is 1. The van der Waals surface area contributed by atoms with Gasteiger partial charge in [-0.2, -0.15) is 9.97 Å². The molecule has 0 aliphatic carbocycles. The molecule has 14 nitrogen and oxygen atoms in total. The van der Waals surface area contributed by atoms with Crippen molar-refractivity contribution in [1.82, 2.24) is 24.6 Å². The molecule has 4 rings (SSSR count). The molecule has 0 saturated carbocycles. The van der Waals surface area contributed by atoms with Crippen LogP contribution in [0.5, 0.6) is 5.75 Å². The number of hydrogen-bond acceptors (Lipinski definition) is 12. The number of esters is 1. The zero-order valence-corrected chi connectivity index (χ0v) is 23.6. The second kappa shape index (κ2) is 11.6. The van der Waals surface area contributed by atoms with Gasteiger partial charge in [-0.05, 0) is 32.9 Å². The summed E-state index contributed by atoms with van der Waals surface area (Å²) in [5, 5.41) is 13.3. The number of halogens is 1. The zero-order chi connectivity index (χ0) is 29.2. The molecule has 0 bridgehead atoms. The van der Waals surface area contributed by atoms with E-state index in [9.17, 15) is 14.5 Å². The maximum atomic E-state index is 15.5. The van der Waals surface area contributed by atoms with E-state index in [1.807, 2.05) is 0 Å². The maximum absolute atomic E-state index is 15.5. The monoisotopic (exact) mass is 581 g/mol. The molecule has 0 spiro atoms. The Morgan fingerprint density at radius 2 is 2.02 bits per heavy atom. The molecule has 218 valence electrons. The molecular formula is C24H33FN7O7P. The topological polar surface area (TPSA) is 176 Å². The Labute approximate surface area is 230 Å². The van der Waals surface area contributed by atoms with E-state index in [2.05, 4.69) is 20.0 Å². The molecule has 1 unspecified atom stereocenters. The highest BCUT2D eigenvalue weighted by Crippen LogP contribution is 2.48. The average Bonchev–Trinajstić information content (AvgIpc) is 3.40. The number of aliphatic hydroxyl groups excluding tert-OH is 1. The number of anilines is 2. The number of hydrogen-bond donors (Lipinski definition) is 3. The summed E-state index contributed by atoms with van der Waals surface area (Å²) < 4.78 is 52.7. The van der Waals surface area contributed by atoms with Gasteiger partial charge in [0.15, 0.2) is 29.4 Å². The fourth-order valence-corrected chi connectivity index (χ4v) is 5.41. The van der Waals surface area contributed by atoms with Gasteiger partial charge in [-0.3, -0.25) is 13.9 Å². The van der Waals surface area contributed by atoms with Gasteiger partial charge in [0.1, 0.15) is 24.0 Å². The average molecular weight is 582 g/mol. The summed E-state index contributed by atoms with van der Waals surface area (Å²) in [6, 6.07) is 8.13. The molecule has 4 N–H and O–H groups in total. The molecule has 0 radical (unpaired) electrons. The summed E-state index contributed by atoms with van der Waals surface area (Å²) in [7, 11) is -0.759. The van der Waals surface area contributed by atoms with Crippen LogP contribution >= 0.6 is 7.75 Å². The zero-order valence-electron chi connectivity index (χ0n) is 22.7. The number of aromatic nitrogens is 4. The molecule has 1 fully saturated rings. The summed E-state index contributed by atoms with van der Waals surface area (Å²) in [6.07, 6.45) is -4.11. The van der Waals surface area contributed by atoms with Crippen molar-refractivity contribution in [3.63, 3.8) is 0 Å². The van der Waals surface area contributed by atoms with E-state index in [0.29, 0.717) is 11.3 Å². The fraction of sp³-hybridized carbons (Fsp3) is 0.500. The van der Waals surface area contributed by atoms with E-state index in [1.165, 1.54) is 17.8 Å². The van der Waals surface area contributed by atoms with E-state index in [-0.39, 0.29) is 17.3 Å². The van der Waals surface area contributed by atoms with Crippen molar-refractivity contribution < 1.29 is 37.4 Å².